The van der Waals surface area contributed by atoms with Gasteiger partial charge in [-0.25, -0.2) is 4.98 Å². The largest absolute Gasteiger partial charge is 0.459 e. The molecule has 0 bridgehead atoms. The van der Waals surface area contributed by atoms with Gasteiger partial charge in [-0.15, -0.1) is 11.3 Å². The molecular formula is C14H16N2O3S. The number of nitrogens with zero attached hydrogens (tertiary/aromatic N) is 2. The number of likely N-dealkylation sites (tertiary alicyclic amines) is 1. The van der Waals surface area contributed by atoms with Crippen molar-refractivity contribution in [3.05, 3.63) is 29.0 Å². The SMILES string of the molecule is Cc1ccc(-c2nc(C(=O)N3C[C@H](O)C[C@@H]3C)cs2)o1. The molecule has 1 N–H and O–H groups in total. The predicted molar refractivity (Wildman–Crippen MR) is 75.7 cm³/mol. The number of amides is 1. The van der Waals surface area contributed by atoms with E-state index in [0.717, 1.165) is 5.76 Å². The molecule has 20 heavy (non-hydrogen) atoms. The van der Waals surface area contributed by atoms with Crippen molar-refractivity contribution in [1.29, 1.82) is 0 Å². The zero-order valence-corrected chi connectivity index (χ0v) is 12.2. The molecule has 6 heteroatoms. The molecule has 0 saturated carbocycles. The summed E-state index contributed by atoms with van der Waals surface area (Å²) in [7, 11) is 0. The van der Waals surface area contributed by atoms with Gasteiger partial charge in [0, 0.05) is 18.0 Å². The van der Waals surface area contributed by atoms with Gasteiger partial charge in [-0.3, -0.25) is 4.79 Å². The molecule has 1 aliphatic heterocycles. The van der Waals surface area contributed by atoms with Gasteiger partial charge in [-0.05, 0) is 32.4 Å². The Kier molecular flexibility index (Phi) is 3.35. The van der Waals surface area contributed by atoms with Gasteiger partial charge in [0.2, 0.25) is 0 Å². The Morgan fingerprint density at radius 1 is 1.55 bits per heavy atom. The summed E-state index contributed by atoms with van der Waals surface area (Å²) >= 11 is 1.39. The molecule has 0 aliphatic carbocycles. The van der Waals surface area contributed by atoms with Crippen LogP contribution in [0.4, 0.5) is 0 Å². The van der Waals surface area contributed by atoms with E-state index >= 15 is 0 Å². The molecule has 0 unspecified atom stereocenters. The van der Waals surface area contributed by atoms with Crippen LogP contribution in [0.25, 0.3) is 10.8 Å². The van der Waals surface area contributed by atoms with Crippen molar-refractivity contribution in [2.75, 3.05) is 6.54 Å². The van der Waals surface area contributed by atoms with Crippen molar-refractivity contribution in [1.82, 2.24) is 9.88 Å². The molecule has 1 saturated heterocycles. The number of thiazole rings is 1. The first-order valence-electron chi connectivity index (χ1n) is 6.56. The lowest BCUT2D eigenvalue weighted by atomic mass is 10.2. The Bertz CT molecular complexity index is 634. The smallest absolute Gasteiger partial charge is 0.273 e. The van der Waals surface area contributed by atoms with E-state index < -0.39 is 6.10 Å². The van der Waals surface area contributed by atoms with Crippen LogP contribution in [0.5, 0.6) is 0 Å². The van der Waals surface area contributed by atoms with Gasteiger partial charge in [0.25, 0.3) is 5.91 Å². The van der Waals surface area contributed by atoms with Crippen LogP contribution in [0.3, 0.4) is 0 Å². The molecule has 0 radical (unpaired) electrons. The number of β-amino-alcohol motifs (C(OH)–C–C–N with tert-alkyl or cyclic N) is 1. The zero-order valence-electron chi connectivity index (χ0n) is 11.4. The van der Waals surface area contributed by atoms with E-state index in [2.05, 4.69) is 4.98 Å². The number of aliphatic hydroxyl groups is 1. The van der Waals surface area contributed by atoms with Crippen LogP contribution >= 0.6 is 11.3 Å². The van der Waals surface area contributed by atoms with Gasteiger partial charge in [0.05, 0.1) is 6.10 Å². The molecule has 2 aromatic heterocycles. The first kappa shape index (κ1) is 13.3. The van der Waals surface area contributed by atoms with E-state index in [4.69, 9.17) is 4.42 Å². The fraction of sp³-hybridized carbons (Fsp3) is 0.429. The van der Waals surface area contributed by atoms with Crippen molar-refractivity contribution >= 4 is 17.2 Å². The molecule has 3 rings (SSSR count). The summed E-state index contributed by atoms with van der Waals surface area (Å²) in [5.74, 6) is 1.38. The van der Waals surface area contributed by atoms with Gasteiger partial charge >= 0.3 is 0 Å². The summed E-state index contributed by atoms with van der Waals surface area (Å²) in [4.78, 5) is 18.4. The van der Waals surface area contributed by atoms with Gasteiger partial charge in [0.15, 0.2) is 10.8 Å². The highest BCUT2D eigenvalue weighted by Gasteiger charge is 2.32. The maximum atomic E-state index is 12.4. The third-order valence-corrected chi connectivity index (χ3v) is 4.34. The summed E-state index contributed by atoms with van der Waals surface area (Å²) in [6.07, 6.45) is 0.194. The van der Waals surface area contributed by atoms with Crippen LogP contribution in [0.15, 0.2) is 21.9 Å². The molecule has 2 aromatic rings. The Morgan fingerprint density at radius 2 is 2.35 bits per heavy atom. The number of aliphatic hydroxyl groups excluding tert-OH is 1. The van der Waals surface area contributed by atoms with Gasteiger partial charge < -0.3 is 14.4 Å². The summed E-state index contributed by atoms with van der Waals surface area (Å²) in [6, 6.07) is 3.77. The molecule has 1 amide bonds. The van der Waals surface area contributed by atoms with Crippen LogP contribution < -0.4 is 0 Å². The van der Waals surface area contributed by atoms with E-state index in [-0.39, 0.29) is 11.9 Å². The maximum absolute atomic E-state index is 12.4. The molecule has 106 valence electrons. The number of carbonyl (C=O) groups excluding carboxylic acids is 1. The number of hydrogen-bond donors (Lipinski definition) is 1. The molecule has 5 nitrogen and oxygen atoms in total. The van der Waals surface area contributed by atoms with Gasteiger partial charge in [0.1, 0.15) is 11.5 Å². The number of hydrogen-bond acceptors (Lipinski definition) is 5. The molecule has 1 fully saturated rings. The van der Waals surface area contributed by atoms with Crippen molar-refractivity contribution < 1.29 is 14.3 Å². The second kappa shape index (κ2) is 5.03. The number of aromatic nitrogens is 1. The van der Waals surface area contributed by atoms with Gasteiger partial charge in [-0.2, -0.15) is 0 Å². The summed E-state index contributed by atoms with van der Waals surface area (Å²) < 4.78 is 5.51. The quantitative estimate of drug-likeness (QED) is 0.922. The van der Waals surface area contributed by atoms with Crippen molar-refractivity contribution in [3.8, 4) is 10.8 Å². The Labute approximate surface area is 120 Å². The normalized spacial score (nSPS) is 22.4. The summed E-state index contributed by atoms with van der Waals surface area (Å²) in [5, 5.41) is 12.1. The highest BCUT2D eigenvalue weighted by atomic mass is 32.1. The third kappa shape index (κ3) is 2.36. The first-order valence-corrected chi connectivity index (χ1v) is 7.44. The fourth-order valence-corrected chi connectivity index (χ4v) is 3.22. The van der Waals surface area contributed by atoms with Crippen LogP contribution in [0.2, 0.25) is 0 Å². The Morgan fingerprint density at radius 3 is 2.95 bits per heavy atom. The summed E-state index contributed by atoms with van der Waals surface area (Å²) in [5.41, 5.74) is 0.417. The number of furan rings is 1. The topological polar surface area (TPSA) is 66.6 Å². The van der Waals surface area contributed by atoms with Crippen LogP contribution in [-0.4, -0.2) is 39.6 Å². The minimum absolute atomic E-state index is 0.0495. The van der Waals surface area contributed by atoms with Crippen molar-refractivity contribution in [2.45, 2.75) is 32.4 Å². The minimum Gasteiger partial charge on any atom is -0.459 e. The monoisotopic (exact) mass is 292 g/mol. The van der Waals surface area contributed by atoms with Crippen LogP contribution in [0.1, 0.15) is 29.6 Å². The van der Waals surface area contributed by atoms with Gasteiger partial charge in [-0.1, -0.05) is 0 Å². The van der Waals surface area contributed by atoms with E-state index in [1.165, 1.54) is 11.3 Å². The second-order valence-electron chi connectivity index (χ2n) is 5.14. The average molecular weight is 292 g/mol. The minimum atomic E-state index is -0.431. The molecule has 0 aromatic carbocycles. The zero-order chi connectivity index (χ0) is 14.3. The number of aryl methyl sites for hydroxylation is 1. The van der Waals surface area contributed by atoms with E-state index in [9.17, 15) is 9.90 Å². The fourth-order valence-electron chi connectivity index (χ4n) is 2.47. The number of rotatable bonds is 2. The predicted octanol–water partition coefficient (Wildman–Crippen LogP) is 2.31. The molecular weight excluding hydrogens is 276 g/mol. The highest BCUT2D eigenvalue weighted by molar-refractivity contribution is 7.13. The molecule has 2 atom stereocenters. The maximum Gasteiger partial charge on any atom is 0.273 e. The van der Waals surface area contributed by atoms with Crippen molar-refractivity contribution in [3.63, 3.8) is 0 Å². The second-order valence-corrected chi connectivity index (χ2v) is 6.00. The lowest BCUT2D eigenvalue weighted by molar-refractivity contribution is 0.0721. The van der Waals surface area contributed by atoms with Crippen LogP contribution in [-0.2, 0) is 0 Å². The van der Waals surface area contributed by atoms with E-state index in [0.29, 0.717) is 29.4 Å². The highest BCUT2D eigenvalue weighted by Crippen LogP contribution is 2.27. The summed E-state index contributed by atoms with van der Waals surface area (Å²) in [6.45, 7) is 4.19. The van der Waals surface area contributed by atoms with Crippen LogP contribution in [0, 0.1) is 6.92 Å². The average Bonchev–Trinajstić information content (AvgIpc) is 3.08. The first-order chi connectivity index (χ1) is 9.54. The van der Waals surface area contributed by atoms with E-state index in [1.54, 1.807) is 10.3 Å². The molecule has 1 aliphatic rings. The molecule has 0 spiro atoms. The Balaban J connectivity index is 1.81. The standard InChI is InChI=1S/C14H16N2O3S/c1-8-5-10(17)6-16(8)14(18)11-7-20-13(15-11)12-4-3-9(2)19-12/h3-4,7-8,10,17H,5-6H2,1-2H3/t8-,10+/m0/s1. The van der Waals surface area contributed by atoms with Crippen molar-refractivity contribution in [2.24, 2.45) is 0 Å². The lowest BCUT2D eigenvalue weighted by Crippen LogP contribution is -2.34. The Hall–Kier alpha value is -1.66. The molecule has 3 heterocycles. The third-order valence-electron chi connectivity index (χ3n) is 3.49. The number of carbonyl (C=O) groups is 1. The van der Waals surface area contributed by atoms with E-state index in [1.807, 2.05) is 26.0 Å². The lowest BCUT2D eigenvalue weighted by Gasteiger charge is -2.19.